The highest BCUT2D eigenvalue weighted by Crippen LogP contribution is 2.63. The van der Waals surface area contributed by atoms with Gasteiger partial charge in [0.05, 0.1) is 17.5 Å². The van der Waals surface area contributed by atoms with Crippen molar-refractivity contribution in [1.82, 2.24) is 9.47 Å². The van der Waals surface area contributed by atoms with Gasteiger partial charge in [-0.2, -0.15) is 0 Å². The molecule has 10 aliphatic rings. The number of rotatable bonds is 2. The van der Waals surface area contributed by atoms with E-state index >= 15 is 0 Å². The smallest absolute Gasteiger partial charge is 0.145 e. The number of para-hydroxylation sites is 1. The van der Waals surface area contributed by atoms with Gasteiger partial charge in [-0.05, 0) is 123 Å². The lowest BCUT2D eigenvalue weighted by Gasteiger charge is -2.57. The number of fused-ring (bicyclic) bond motifs is 12. The van der Waals surface area contributed by atoms with Crippen LogP contribution in [0.25, 0.3) is 12.2 Å². The Morgan fingerprint density at radius 2 is 1.53 bits per heavy atom. The molecule has 1 aromatic heterocycles. The molecule has 4 heterocycles. The standard InChI is InChI=1S/C49H48N2O2/c1-7-21-40-32(14-1)33-15-2-8-22-41(33)50(40)31-28-29-47-39(30-31)49(36-18-5-11-26-45(36)52-46-27-12-6-19-37(46)49)38-20-13-25-44(48(38)53-47)51-42-23-9-3-16-34(42)35-17-4-10-24-43(35)51/h1,5,7,9-14,18,20-21,23-27,30,32,37,40,44,46,48H,2-4,6,8,15-17,19,22,28-29H2. The van der Waals surface area contributed by atoms with E-state index < -0.39 is 0 Å². The van der Waals surface area contributed by atoms with Crippen LogP contribution in [-0.2, 0) is 23.0 Å². The lowest BCUT2D eigenvalue weighted by Crippen LogP contribution is -2.56. The number of hydrogen-bond acceptors (Lipinski definition) is 3. The minimum atomic E-state index is -0.360. The molecule has 7 aliphatic carbocycles. The van der Waals surface area contributed by atoms with E-state index in [1.54, 1.807) is 22.4 Å². The maximum absolute atomic E-state index is 7.59. The number of nitrogens with zero attached hydrogens (tertiary/aromatic N) is 2. The van der Waals surface area contributed by atoms with Gasteiger partial charge in [0.2, 0.25) is 0 Å². The molecule has 7 atom stereocenters. The second-order valence-corrected chi connectivity index (χ2v) is 16.8. The molecule has 0 N–H and O–H groups in total. The molecule has 7 unspecified atom stereocenters. The molecule has 12 rings (SSSR count). The number of aromatic nitrogens is 1. The van der Waals surface area contributed by atoms with E-state index in [9.17, 15) is 0 Å². The van der Waals surface area contributed by atoms with Crippen molar-refractivity contribution in [3.8, 4) is 5.75 Å². The van der Waals surface area contributed by atoms with E-state index in [2.05, 4.69) is 119 Å². The van der Waals surface area contributed by atoms with Gasteiger partial charge in [0.1, 0.15) is 23.7 Å². The van der Waals surface area contributed by atoms with Gasteiger partial charge < -0.3 is 18.9 Å². The van der Waals surface area contributed by atoms with Crippen molar-refractivity contribution in [2.45, 2.75) is 107 Å². The fraction of sp³-hybridized carbons (Fsp3) is 0.388. The average Bonchev–Trinajstić information content (AvgIpc) is 3.74. The fourth-order valence-electron chi connectivity index (χ4n) is 12.4. The molecular weight excluding hydrogens is 649 g/mol. The largest absolute Gasteiger partial charge is 0.487 e. The summed E-state index contributed by atoms with van der Waals surface area (Å²) in [4.78, 5) is 2.79. The van der Waals surface area contributed by atoms with Crippen LogP contribution >= 0.6 is 0 Å². The molecule has 0 bridgehead atoms. The highest BCUT2D eigenvalue weighted by atomic mass is 16.5. The van der Waals surface area contributed by atoms with Gasteiger partial charge in [0, 0.05) is 52.2 Å². The molecule has 0 saturated heterocycles. The Hall–Kier alpha value is -4.70. The van der Waals surface area contributed by atoms with Gasteiger partial charge >= 0.3 is 0 Å². The lowest BCUT2D eigenvalue weighted by atomic mass is 9.53. The molecule has 0 fully saturated rings. The molecular formula is C49H48N2O2. The molecule has 4 heteroatoms. The summed E-state index contributed by atoms with van der Waals surface area (Å²) in [5.41, 5.74) is 14.5. The summed E-state index contributed by atoms with van der Waals surface area (Å²) < 4.78 is 17.2. The summed E-state index contributed by atoms with van der Waals surface area (Å²) in [6.07, 6.45) is 47.3. The molecule has 0 radical (unpaired) electrons. The van der Waals surface area contributed by atoms with Crippen molar-refractivity contribution in [3.05, 3.63) is 159 Å². The van der Waals surface area contributed by atoms with E-state index in [1.807, 2.05) is 0 Å². The van der Waals surface area contributed by atoms with E-state index in [1.165, 1.54) is 65.2 Å². The molecule has 53 heavy (non-hydrogen) atoms. The van der Waals surface area contributed by atoms with Crippen molar-refractivity contribution in [2.75, 3.05) is 0 Å². The fourth-order valence-corrected chi connectivity index (χ4v) is 12.4. The van der Waals surface area contributed by atoms with Crippen molar-refractivity contribution in [2.24, 2.45) is 11.8 Å². The zero-order valence-corrected chi connectivity index (χ0v) is 30.6. The van der Waals surface area contributed by atoms with Gasteiger partial charge in [-0.1, -0.05) is 79.0 Å². The summed E-state index contributed by atoms with van der Waals surface area (Å²) >= 11 is 0. The third-order valence-electron chi connectivity index (χ3n) is 14.4. The molecule has 0 saturated carbocycles. The van der Waals surface area contributed by atoms with E-state index in [4.69, 9.17) is 9.47 Å². The first-order valence-corrected chi connectivity index (χ1v) is 20.7. The first-order valence-electron chi connectivity index (χ1n) is 20.7. The third kappa shape index (κ3) is 4.18. The van der Waals surface area contributed by atoms with E-state index in [-0.39, 0.29) is 29.6 Å². The van der Waals surface area contributed by atoms with Crippen LogP contribution in [0.4, 0.5) is 0 Å². The number of benzene rings is 1. The predicted molar refractivity (Wildman–Crippen MR) is 212 cm³/mol. The maximum Gasteiger partial charge on any atom is 0.145 e. The van der Waals surface area contributed by atoms with E-state index in [0.717, 1.165) is 57.1 Å². The molecule has 1 spiro atoms. The highest BCUT2D eigenvalue weighted by molar-refractivity contribution is 5.69. The zero-order chi connectivity index (χ0) is 34.7. The lowest BCUT2D eigenvalue weighted by molar-refractivity contribution is 0.0329. The minimum absolute atomic E-state index is 0.0170. The SMILES string of the molecule is C1=CC2C3=C(CCCC3)N(C3=CC4=C(CC3)OC3C(=CC=CC3n3c5c(c6c3C=CCC6)CCC=C5)C43c4ccccc4OC4C=CCCC43)C2C=C1. The van der Waals surface area contributed by atoms with Crippen LogP contribution in [0, 0.1) is 11.8 Å². The van der Waals surface area contributed by atoms with Gasteiger partial charge in [-0.25, -0.2) is 0 Å². The topological polar surface area (TPSA) is 26.6 Å². The van der Waals surface area contributed by atoms with Crippen LogP contribution in [0.3, 0.4) is 0 Å². The molecule has 0 amide bonds. The van der Waals surface area contributed by atoms with Crippen molar-refractivity contribution >= 4 is 12.2 Å². The van der Waals surface area contributed by atoms with Crippen LogP contribution in [-0.4, -0.2) is 27.7 Å². The molecule has 1 aromatic carbocycles. The Balaban J connectivity index is 1.08. The first-order chi connectivity index (χ1) is 26.3. The van der Waals surface area contributed by atoms with Gasteiger partial charge in [0.15, 0.2) is 0 Å². The normalized spacial score (nSPS) is 33.8. The monoisotopic (exact) mass is 696 g/mol. The zero-order valence-electron chi connectivity index (χ0n) is 30.6. The maximum atomic E-state index is 7.59. The van der Waals surface area contributed by atoms with Gasteiger partial charge in [0.25, 0.3) is 0 Å². The number of hydrogen-bond donors (Lipinski definition) is 0. The first kappa shape index (κ1) is 30.7. The van der Waals surface area contributed by atoms with Crippen molar-refractivity contribution in [3.63, 3.8) is 0 Å². The summed E-state index contributed by atoms with van der Waals surface area (Å²) in [6.45, 7) is 0. The molecule has 4 nitrogen and oxygen atoms in total. The van der Waals surface area contributed by atoms with Crippen LogP contribution in [0.2, 0.25) is 0 Å². The molecule has 3 aliphatic heterocycles. The van der Waals surface area contributed by atoms with Gasteiger partial charge in [-0.3, -0.25) is 0 Å². The van der Waals surface area contributed by atoms with Crippen LogP contribution in [0.15, 0.2) is 131 Å². The van der Waals surface area contributed by atoms with Crippen LogP contribution in [0.5, 0.6) is 5.75 Å². The van der Waals surface area contributed by atoms with Crippen LogP contribution < -0.4 is 4.74 Å². The summed E-state index contributed by atoms with van der Waals surface area (Å²) in [6, 6.07) is 9.46. The van der Waals surface area contributed by atoms with Crippen molar-refractivity contribution < 1.29 is 9.47 Å². The summed E-state index contributed by atoms with van der Waals surface area (Å²) in [7, 11) is 0. The van der Waals surface area contributed by atoms with Crippen LogP contribution in [0.1, 0.15) is 98.3 Å². The Kier molecular flexibility index (Phi) is 6.75. The van der Waals surface area contributed by atoms with Gasteiger partial charge in [-0.15, -0.1) is 0 Å². The third-order valence-corrected chi connectivity index (χ3v) is 14.4. The Morgan fingerprint density at radius 3 is 2.42 bits per heavy atom. The second kappa shape index (κ2) is 11.6. The summed E-state index contributed by atoms with van der Waals surface area (Å²) in [5, 5.41) is 0. The molecule has 2 aromatic rings. The Morgan fingerprint density at radius 1 is 0.717 bits per heavy atom. The van der Waals surface area contributed by atoms with E-state index in [0.29, 0.717) is 12.0 Å². The summed E-state index contributed by atoms with van der Waals surface area (Å²) in [5.74, 6) is 3.00. The Bertz CT molecular complexity index is 2220. The quantitative estimate of drug-likeness (QED) is 0.293. The number of ether oxygens (including phenoxy) is 2. The van der Waals surface area contributed by atoms with Crippen molar-refractivity contribution in [1.29, 1.82) is 0 Å². The second-order valence-electron chi connectivity index (χ2n) is 16.8. The Labute approximate surface area is 313 Å². The minimum Gasteiger partial charge on any atom is -0.487 e. The predicted octanol–water partition coefficient (Wildman–Crippen LogP) is 10.7. The average molecular weight is 697 g/mol. The highest BCUT2D eigenvalue weighted by Gasteiger charge is 2.60. The number of allylic oxidation sites excluding steroid dienone is 12. The molecule has 266 valence electrons.